The molecule has 0 saturated carbocycles. The van der Waals surface area contributed by atoms with Gasteiger partial charge in [0.25, 0.3) is 0 Å². The van der Waals surface area contributed by atoms with Gasteiger partial charge in [-0.15, -0.1) is 34.0 Å². The molecule has 3 rings (SSSR count). The summed E-state index contributed by atoms with van der Waals surface area (Å²) in [6.45, 7) is 0. The van der Waals surface area contributed by atoms with Crippen LogP contribution in [0.3, 0.4) is 0 Å². The van der Waals surface area contributed by atoms with Gasteiger partial charge in [-0.1, -0.05) is 0 Å². The van der Waals surface area contributed by atoms with E-state index in [9.17, 15) is 0 Å². The van der Waals surface area contributed by atoms with Crippen molar-refractivity contribution < 1.29 is 0 Å². The molecule has 3 aromatic heterocycles. The van der Waals surface area contributed by atoms with Gasteiger partial charge in [0, 0.05) is 36.1 Å². The summed E-state index contributed by atoms with van der Waals surface area (Å²) in [5, 5.41) is 7.74. The molecule has 1 nitrogen and oxygen atoms in total. The Hall–Kier alpha value is -0.200. The molecule has 94 valence electrons. The second-order valence-electron chi connectivity index (χ2n) is 4.03. The van der Waals surface area contributed by atoms with Crippen molar-refractivity contribution in [1.29, 1.82) is 0 Å². The lowest BCUT2D eigenvalue weighted by atomic mass is 10.1. The smallest absolute Gasteiger partial charge is 0.0462 e. The predicted molar refractivity (Wildman–Crippen MR) is 87.2 cm³/mol. The number of fused-ring (bicyclic) bond motifs is 1. The second kappa shape index (κ2) is 5.43. The minimum atomic E-state index is 0.407. The third kappa shape index (κ3) is 2.42. The summed E-state index contributed by atoms with van der Waals surface area (Å²) in [5.74, 6) is 0. The molecule has 0 aliphatic carbocycles. The lowest BCUT2D eigenvalue weighted by molar-refractivity contribution is 0.606. The van der Waals surface area contributed by atoms with Gasteiger partial charge in [-0.05, 0) is 51.9 Å². The fourth-order valence-electron chi connectivity index (χ4n) is 1.96. The van der Waals surface area contributed by atoms with E-state index in [1.54, 1.807) is 0 Å². The van der Waals surface area contributed by atoms with Crippen LogP contribution in [-0.2, 0) is 6.42 Å². The van der Waals surface area contributed by atoms with E-state index in [0.717, 1.165) is 6.42 Å². The summed E-state index contributed by atoms with van der Waals surface area (Å²) in [7, 11) is 2.04. The third-order valence-electron chi connectivity index (χ3n) is 2.93. The van der Waals surface area contributed by atoms with Gasteiger partial charge < -0.3 is 5.32 Å². The molecular formula is C13H12BrNS3. The molecule has 0 amide bonds. The van der Waals surface area contributed by atoms with Crippen molar-refractivity contribution in [3.8, 4) is 0 Å². The molecule has 3 heterocycles. The van der Waals surface area contributed by atoms with Crippen molar-refractivity contribution >= 4 is 59.3 Å². The molecule has 0 bridgehead atoms. The number of hydrogen-bond acceptors (Lipinski definition) is 4. The standard InChI is InChI=1S/C13H12BrNS3/c1-15-9(6-11-8(14)2-4-16-11)12-7-13-10(18-12)3-5-17-13/h2-5,7,9,15H,6H2,1H3. The summed E-state index contributed by atoms with van der Waals surface area (Å²) < 4.78 is 4.03. The van der Waals surface area contributed by atoms with E-state index in [1.807, 2.05) is 41.1 Å². The molecule has 0 fully saturated rings. The Morgan fingerprint density at radius 2 is 2.06 bits per heavy atom. The topological polar surface area (TPSA) is 12.0 Å². The predicted octanol–water partition coefficient (Wildman–Crippen LogP) is 5.29. The highest BCUT2D eigenvalue weighted by molar-refractivity contribution is 9.10. The van der Waals surface area contributed by atoms with E-state index in [1.165, 1.54) is 23.6 Å². The lowest BCUT2D eigenvalue weighted by Crippen LogP contribution is -2.17. The minimum Gasteiger partial charge on any atom is -0.312 e. The molecule has 0 aliphatic heterocycles. The average Bonchev–Trinajstić information content (AvgIpc) is 3.01. The summed E-state index contributed by atoms with van der Waals surface area (Å²) in [6.07, 6.45) is 1.04. The zero-order valence-electron chi connectivity index (χ0n) is 9.77. The third-order valence-corrected chi connectivity index (χ3v) is 7.09. The Balaban J connectivity index is 1.88. The molecule has 0 aromatic carbocycles. The van der Waals surface area contributed by atoms with Crippen LogP contribution in [0.4, 0.5) is 0 Å². The van der Waals surface area contributed by atoms with Gasteiger partial charge in [-0.2, -0.15) is 0 Å². The summed E-state index contributed by atoms with van der Waals surface area (Å²) in [4.78, 5) is 2.84. The number of hydrogen-bond donors (Lipinski definition) is 1. The number of halogens is 1. The summed E-state index contributed by atoms with van der Waals surface area (Å²) in [5.41, 5.74) is 0. The largest absolute Gasteiger partial charge is 0.312 e. The fourth-order valence-corrected chi connectivity index (χ4v) is 5.75. The van der Waals surface area contributed by atoms with Gasteiger partial charge in [-0.3, -0.25) is 0 Å². The average molecular weight is 358 g/mol. The highest BCUT2D eigenvalue weighted by Crippen LogP contribution is 2.36. The normalized spacial score (nSPS) is 13.2. The lowest BCUT2D eigenvalue weighted by Gasteiger charge is -2.13. The van der Waals surface area contributed by atoms with Crippen LogP contribution in [0.25, 0.3) is 9.40 Å². The fraction of sp³-hybridized carbons (Fsp3) is 0.231. The Morgan fingerprint density at radius 1 is 1.22 bits per heavy atom. The Labute approximate surface area is 127 Å². The van der Waals surface area contributed by atoms with Crippen LogP contribution >= 0.6 is 49.9 Å². The molecule has 1 atom stereocenters. The van der Waals surface area contributed by atoms with Crippen LogP contribution in [0.2, 0.25) is 0 Å². The van der Waals surface area contributed by atoms with Crippen molar-refractivity contribution in [1.82, 2.24) is 5.32 Å². The molecular weight excluding hydrogens is 346 g/mol. The van der Waals surface area contributed by atoms with Gasteiger partial charge >= 0.3 is 0 Å². The van der Waals surface area contributed by atoms with Crippen molar-refractivity contribution in [2.75, 3.05) is 7.05 Å². The first-order valence-corrected chi connectivity index (χ1v) is 9.01. The zero-order chi connectivity index (χ0) is 12.5. The van der Waals surface area contributed by atoms with Crippen molar-refractivity contribution in [2.45, 2.75) is 12.5 Å². The first kappa shape index (κ1) is 12.8. The van der Waals surface area contributed by atoms with Gasteiger partial charge in [0.2, 0.25) is 0 Å². The van der Waals surface area contributed by atoms with Crippen molar-refractivity contribution in [2.24, 2.45) is 0 Å². The Morgan fingerprint density at radius 3 is 2.72 bits per heavy atom. The maximum Gasteiger partial charge on any atom is 0.0462 e. The van der Waals surface area contributed by atoms with Crippen LogP contribution < -0.4 is 5.32 Å². The van der Waals surface area contributed by atoms with Gasteiger partial charge in [-0.25, -0.2) is 0 Å². The van der Waals surface area contributed by atoms with E-state index >= 15 is 0 Å². The van der Waals surface area contributed by atoms with Crippen LogP contribution in [0, 0.1) is 0 Å². The van der Waals surface area contributed by atoms with E-state index in [2.05, 4.69) is 50.2 Å². The molecule has 0 saturated heterocycles. The Kier molecular flexibility index (Phi) is 3.86. The highest BCUT2D eigenvalue weighted by atomic mass is 79.9. The quantitative estimate of drug-likeness (QED) is 0.668. The number of likely N-dealkylation sites (N-methyl/N-ethyl adjacent to an activating group) is 1. The van der Waals surface area contributed by atoms with E-state index in [0.29, 0.717) is 6.04 Å². The van der Waals surface area contributed by atoms with E-state index in [-0.39, 0.29) is 0 Å². The van der Waals surface area contributed by atoms with Gasteiger partial charge in [0.15, 0.2) is 0 Å². The van der Waals surface area contributed by atoms with Gasteiger partial charge in [0.1, 0.15) is 0 Å². The van der Waals surface area contributed by atoms with E-state index in [4.69, 9.17) is 0 Å². The molecule has 18 heavy (non-hydrogen) atoms. The van der Waals surface area contributed by atoms with Crippen molar-refractivity contribution in [3.63, 3.8) is 0 Å². The number of rotatable bonds is 4. The maximum atomic E-state index is 3.61. The molecule has 1 N–H and O–H groups in total. The first-order valence-electron chi connectivity index (χ1n) is 5.64. The van der Waals surface area contributed by atoms with Crippen molar-refractivity contribution in [3.05, 3.63) is 43.2 Å². The molecule has 0 spiro atoms. The molecule has 0 radical (unpaired) electrons. The SMILES string of the molecule is CNC(Cc1sccc1Br)c1cc2sccc2s1. The van der Waals surface area contributed by atoms with Crippen LogP contribution in [0.1, 0.15) is 15.8 Å². The maximum absolute atomic E-state index is 3.61. The number of nitrogens with one attached hydrogen (secondary N) is 1. The zero-order valence-corrected chi connectivity index (χ0v) is 13.8. The molecule has 3 aromatic rings. The van der Waals surface area contributed by atoms with E-state index < -0.39 is 0 Å². The highest BCUT2D eigenvalue weighted by Gasteiger charge is 2.16. The molecule has 1 unspecified atom stereocenters. The first-order chi connectivity index (χ1) is 8.78. The van der Waals surface area contributed by atoms with Crippen LogP contribution in [0.15, 0.2) is 33.4 Å². The minimum absolute atomic E-state index is 0.407. The Bertz CT molecular complexity index is 623. The molecule has 5 heteroatoms. The monoisotopic (exact) mass is 357 g/mol. The molecule has 0 aliphatic rings. The van der Waals surface area contributed by atoms with Crippen LogP contribution in [-0.4, -0.2) is 7.05 Å². The van der Waals surface area contributed by atoms with Crippen LogP contribution in [0.5, 0.6) is 0 Å². The summed E-state index contributed by atoms with van der Waals surface area (Å²) in [6, 6.07) is 7.07. The summed E-state index contributed by atoms with van der Waals surface area (Å²) >= 11 is 9.15. The second-order valence-corrected chi connectivity index (χ2v) is 7.95. The van der Waals surface area contributed by atoms with Gasteiger partial charge in [0.05, 0.1) is 0 Å². The number of thiophene rings is 3.